The lowest BCUT2D eigenvalue weighted by molar-refractivity contribution is 0.0826. The van der Waals surface area contributed by atoms with E-state index in [2.05, 4.69) is 4.98 Å². The Bertz CT molecular complexity index is 512. The van der Waals surface area contributed by atoms with Gasteiger partial charge in [-0.2, -0.15) is 0 Å². The van der Waals surface area contributed by atoms with Gasteiger partial charge in [-0.05, 0) is 18.2 Å². The summed E-state index contributed by atoms with van der Waals surface area (Å²) in [4.78, 5) is 4.12. The Balaban J connectivity index is 2.47. The molecule has 6 heteroatoms. The molecule has 0 amide bonds. The van der Waals surface area contributed by atoms with Gasteiger partial charge in [-0.15, -0.1) is 0 Å². The molecule has 0 bridgehead atoms. The summed E-state index contributed by atoms with van der Waals surface area (Å²) in [7, 11) is 0. The van der Waals surface area contributed by atoms with Crippen LogP contribution in [0.25, 0.3) is 11.0 Å². The van der Waals surface area contributed by atoms with Crippen LogP contribution in [0.2, 0.25) is 5.02 Å². The van der Waals surface area contributed by atoms with Gasteiger partial charge in [-0.3, -0.25) is 0 Å². The summed E-state index contributed by atoms with van der Waals surface area (Å²) >= 11 is 5.83. The van der Waals surface area contributed by atoms with Crippen LogP contribution < -0.4 is 5.73 Å². The molecule has 1 aromatic heterocycles. The van der Waals surface area contributed by atoms with Crippen molar-refractivity contribution in [2.75, 3.05) is 12.3 Å². The molecule has 86 valence electrons. The van der Waals surface area contributed by atoms with Crippen molar-refractivity contribution >= 4 is 28.6 Å². The third-order valence-corrected chi connectivity index (χ3v) is 2.58. The average Bonchev–Trinajstić information content (AvgIpc) is 2.54. The first kappa shape index (κ1) is 11.2. The maximum atomic E-state index is 9.39. The first-order valence-electron chi connectivity index (χ1n) is 4.82. The number of fused-ring (bicyclic) bond motifs is 1. The zero-order valence-corrected chi connectivity index (χ0v) is 9.22. The molecule has 2 aromatic rings. The van der Waals surface area contributed by atoms with Gasteiger partial charge in [0.2, 0.25) is 5.95 Å². The highest BCUT2D eigenvalue weighted by Gasteiger charge is 2.11. The summed E-state index contributed by atoms with van der Waals surface area (Å²) < 4.78 is 1.65. The van der Waals surface area contributed by atoms with Crippen LogP contribution in [0.1, 0.15) is 0 Å². The number of halogens is 1. The van der Waals surface area contributed by atoms with E-state index in [1.54, 1.807) is 22.8 Å². The van der Waals surface area contributed by atoms with E-state index in [-0.39, 0.29) is 13.2 Å². The largest absolute Gasteiger partial charge is 0.394 e. The molecular weight excluding hydrogens is 230 g/mol. The second-order valence-electron chi connectivity index (χ2n) is 3.55. The van der Waals surface area contributed by atoms with Gasteiger partial charge < -0.3 is 20.5 Å². The Morgan fingerprint density at radius 2 is 2.25 bits per heavy atom. The quantitative estimate of drug-likeness (QED) is 0.736. The topological polar surface area (TPSA) is 84.3 Å². The van der Waals surface area contributed by atoms with Gasteiger partial charge in [-0.25, -0.2) is 4.98 Å². The van der Waals surface area contributed by atoms with Gasteiger partial charge in [0.25, 0.3) is 0 Å². The van der Waals surface area contributed by atoms with Crippen molar-refractivity contribution in [3.05, 3.63) is 23.2 Å². The van der Waals surface area contributed by atoms with Gasteiger partial charge in [0, 0.05) is 5.02 Å². The van der Waals surface area contributed by atoms with Gasteiger partial charge in [0.1, 0.15) is 0 Å². The van der Waals surface area contributed by atoms with Crippen molar-refractivity contribution in [1.29, 1.82) is 0 Å². The van der Waals surface area contributed by atoms with E-state index in [1.807, 2.05) is 0 Å². The predicted molar refractivity (Wildman–Crippen MR) is 62.2 cm³/mol. The molecule has 4 N–H and O–H groups in total. The maximum absolute atomic E-state index is 9.39. The van der Waals surface area contributed by atoms with Crippen molar-refractivity contribution in [3.8, 4) is 0 Å². The van der Waals surface area contributed by atoms with Crippen molar-refractivity contribution in [3.63, 3.8) is 0 Å². The molecule has 0 saturated heterocycles. The van der Waals surface area contributed by atoms with E-state index in [9.17, 15) is 5.11 Å². The average molecular weight is 242 g/mol. The number of aliphatic hydroxyl groups is 2. The highest BCUT2D eigenvalue weighted by Crippen LogP contribution is 2.21. The number of rotatable bonds is 3. The van der Waals surface area contributed by atoms with Crippen LogP contribution in [0.4, 0.5) is 5.95 Å². The summed E-state index contributed by atoms with van der Waals surface area (Å²) in [6.07, 6.45) is -0.852. The maximum Gasteiger partial charge on any atom is 0.201 e. The fourth-order valence-electron chi connectivity index (χ4n) is 1.58. The highest BCUT2D eigenvalue weighted by atomic mass is 35.5. The number of nitrogen functional groups attached to an aromatic ring is 1. The summed E-state index contributed by atoms with van der Waals surface area (Å²) in [5.74, 6) is 0.296. The molecule has 0 aliphatic rings. The molecule has 0 radical (unpaired) electrons. The number of anilines is 1. The molecule has 0 saturated carbocycles. The van der Waals surface area contributed by atoms with Gasteiger partial charge in [-0.1, -0.05) is 11.6 Å². The number of aliphatic hydroxyl groups excluding tert-OH is 2. The van der Waals surface area contributed by atoms with Crippen LogP contribution in [0.5, 0.6) is 0 Å². The number of imidazole rings is 1. The molecule has 1 aromatic carbocycles. The second-order valence-corrected chi connectivity index (χ2v) is 3.99. The van der Waals surface area contributed by atoms with Crippen LogP contribution in [0, 0.1) is 0 Å². The third kappa shape index (κ3) is 1.97. The number of nitrogens with two attached hydrogens (primary N) is 1. The molecule has 1 heterocycles. The van der Waals surface area contributed by atoms with E-state index in [0.717, 1.165) is 5.52 Å². The molecule has 0 aliphatic carbocycles. The van der Waals surface area contributed by atoms with E-state index in [0.29, 0.717) is 16.5 Å². The molecule has 0 fully saturated rings. The van der Waals surface area contributed by atoms with Crippen molar-refractivity contribution in [2.45, 2.75) is 12.6 Å². The summed E-state index contributed by atoms with van der Waals surface area (Å²) in [6, 6.07) is 5.22. The number of nitrogens with zero attached hydrogens (tertiary/aromatic N) is 2. The summed E-state index contributed by atoms with van der Waals surface area (Å²) in [6.45, 7) is -0.104. The molecule has 0 aliphatic heterocycles. The third-order valence-electron chi connectivity index (χ3n) is 2.34. The lowest BCUT2D eigenvalue weighted by Gasteiger charge is -2.10. The Labute approximate surface area is 97.1 Å². The Kier molecular flexibility index (Phi) is 3.00. The van der Waals surface area contributed by atoms with Crippen LogP contribution in [-0.4, -0.2) is 32.5 Å². The smallest absolute Gasteiger partial charge is 0.201 e. The fraction of sp³-hybridized carbons (Fsp3) is 0.300. The number of hydrogen-bond donors (Lipinski definition) is 3. The van der Waals surface area contributed by atoms with E-state index >= 15 is 0 Å². The SMILES string of the molecule is Nc1nc2cc(Cl)ccc2n1CC(O)CO. The van der Waals surface area contributed by atoms with E-state index in [4.69, 9.17) is 22.4 Å². The lowest BCUT2D eigenvalue weighted by Crippen LogP contribution is -2.20. The first-order valence-corrected chi connectivity index (χ1v) is 5.20. The van der Waals surface area contributed by atoms with Crippen molar-refractivity contribution in [1.82, 2.24) is 9.55 Å². The summed E-state index contributed by atoms with van der Waals surface area (Å²) in [5.41, 5.74) is 7.18. The predicted octanol–water partition coefficient (Wildman–Crippen LogP) is 0.625. The monoisotopic (exact) mass is 241 g/mol. The van der Waals surface area contributed by atoms with Crippen LogP contribution in [0.3, 0.4) is 0 Å². The van der Waals surface area contributed by atoms with E-state index < -0.39 is 6.10 Å². The number of aromatic nitrogens is 2. The molecule has 16 heavy (non-hydrogen) atoms. The number of hydrogen-bond acceptors (Lipinski definition) is 4. The minimum atomic E-state index is -0.852. The van der Waals surface area contributed by atoms with E-state index in [1.165, 1.54) is 0 Å². The van der Waals surface area contributed by atoms with Crippen LogP contribution in [-0.2, 0) is 6.54 Å². The summed E-state index contributed by atoms with van der Waals surface area (Å²) in [5, 5.41) is 18.8. The molecule has 5 nitrogen and oxygen atoms in total. The zero-order chi connectivity index (χ0) is 11.7. The minimum absolute atomic E-state index is 0.209. The van der Waals surface area contributed by atoms with Gasteiger partial charge in [0.15, 0.2) is 0 Å². The fourth-order valence-corrected chi connectivity index (χ4v) is 1.75. The standard InChI is InChI=1S/C10H12ClN3O2/c11-6-1-2-9-8(3-6)13-10(12)14(9)4-7(16)5-15/h1-3,7,15-16H,4-5H2,(H2,12,13). The molecular formula is C10H12ClN3O2. The van der Waals surface area contributed by atoms with Crippen molar-refractivity contribution in [2.24, 2.45) is 0 Å². The lowest BCUT2D eigenvalue weighted by atomic mass is 10.3. The molecule has 2 rings (SSSR count). The highest BCUT2D eigenvalue weighted by molar-refractivity contribution is 6.31. The molecule has 1 unspecified atom stereocenters. The number of benzene rings is 1. The Hall–Kier alpha value is -1.30. The Morgan fingerprint density at radius 1 is 1.50 bits per heavy atom. The normalized spacial score (nSPS) is 13.2. The van der Waals surface area contributed by atoms with Gasteiger partial charge >= 0.3 is 0 Å². The molecule has 1 atom stereocenters. The minimum Gasteiger partial charge on any atom is -0.394 e. The zero-order valence-electron chi connectivity index (χ0n) is 8.47. The van der Waals surface area contributed by atoms with Crippen molar-refractivity contribution < 1.29 is 10.2 Å². The first-order chi connectivity index (χ1) is 7.61. The van der Waals surface area contributed by atoms with Gasteiger partial charge in [0.05, 0.1) is 30.3 Å². The van der Waals surface area contributed by atoms with Crippen LogP contribution in [0.15, 0.2) is 18.2 Å². The second kappa shape index (κ2) is 4.29. The van der Waals surface area contributed by atoms with Crippen LogP contribution >= 0.6 is 11.6 Å². The molecule has 0 spiro atoms. The Morgan fingerprint density at radius 3 is 2.94 bits per heavy atom.